The molecule has 0 aliphatic heterocycles. The van der Waals surface area contributed by atoms with Gasteiger partial charge in [0.1, 0.15) is 17.6 Å². The third-order valence-electron chi connectivity index (χ3n) is 3.73. The average Bonchev–Trinajstić information content (AvgIpc) is 2.57. The number of aryl methyl sites for hydroxylation is 4. The Bertz CT molecular complexity index is 626. The third kappa shape index (κ3) is 2.43. The number of furan rings is 1. The molecule has 1 N–H and O–H groups in total. The maximum absolute atomic E-state index is 10.7. The molecule has 19 heavy (non-hydrogen) atoms. The second kappa shape index (κ2) is 5.03. The second-order valence-electron chi connectivity index (χ2n) is 5.11. The van der Waals surface area contributed by atoms with E-state index in [1.54, 1.807) is 0 Å². The summed E-state index contributed by atoms with van der Waals surface area (Å²) in [4.78, 5) is 0. The summed E-state index contributed by atoms with van der Waals surface area (Å²) in [6.07, 6.45) is -0.673. The zero-order chi connectivity index (χ0) is 14.3. The molecule has 0 aliphatic rings. The molecule has 2 nitrogen and oxygen atoms in total. The summed E-state index contributed by atoms with van der Waals surface area (Å²) in [6.45, 7) is 9.68. The lowest BCUT2D eigenvalue weighted by Crippen LogP contribution is -2.05. The lowest BCUT2D eigenvalue weighted by molar-refractivity contribution is 0.216. The third-order valence-corrected chi connectivity index (χ3v) is 4.14. The van der Waals surface area contributed by atoms with Crippen molar-refractivity contribution in [3.8, 4) is 0 Å². The van der Waals surface area contributed by atoms with Crippen LogP contribution in [-0.4, -0.2) is 5.11 Å². The molecule has 0 aliphatic carbocycles. The molecule has 1 aromatic heterocycles. The van der Waals surface area contributed by atoms with Crippen LogP contribution in [-0.2, 0) is 0 Å². The van der Waals surface area contributed by atoms with Gasteiger partial charge in [0.25, 0.3) is 0 Å². The summed E-state index contributed by atoms with van der Waals surface area (Å²) < 4.78 is 5.60. The first-order chi connectivity index (χ1) is 8.82. The first-order valence-electron chi connectivity index (χ1n) is 6.34. The molecule has 3 heteroatoms. The monoisotopic (exact) mass is 278 g/mol. The van der Waals surface area contributed by atoms with E-state index in [2.05, 4.69) is 0 Å². The molecular weight excluding hydrogens is 260 g/mol. The van der Waals surface area contributed by atoms with Gasteiger partial charge in [0.05, 0.1) is 0 Å². The van der Waals surface area contributed by atoms with Crippen molar-refractivity contribution in [3.05, 3.63) is 56.5 Å². The fourth-order valence-corrected chi connectivity index (χ4v) is 2.68. The largest absolute Gasteiger partial charge is 0.466 e. The Kier molecular flexibility index (Phi) is 3.75. The van der Waals surface area contributed by atoms with Crippen LogP contribution in [0.2, 0.25) is 5.02 Å². The van der Waals surface area contributed by atoms with Crippen LogP contribution >= 0.6 is 11.6 Å². The summed E-state index contributed by atoms with van der Waals surface area (Å²) in [5.41, 5.74) is 4.71. The Labute approximate surface area is 119 Å². The van der Waals surface area contributed by atoms with E-state index >= 15 is 0 Å². The first-order valence-corrected chi connectivity index (χ1v) is 6.72. The first kappa shape index (κ1) is 14.2. The van der Waals surface area contributed by atoms with Crippen molar-refractivity contribution >= 4 is 11.6 Å². The SMILES string of the molecule is Cc1cc(C(O)c2c(C)oc(C)c2C)c(C)cc1Cl. The number of hydrogen-bond donors (Lipinski definition) is 1. The van der Waals surface area contributed by atoms with Crippen LogP contribution in [0.3, 0.4) is 0 Å². The fourth-order valence-electron chi connectivity index (χ4n) is 2.47. The van der Waals surface area contributed by atoms with Crippen molar-refractivity contribution in [2.75, 3.05) is 0 Å². The van der Waals surface area contributed by atoms with E-state index in [0.29, 0.717) is 0 Å². The van der Waals surface area contributed by atoms with Gasteiger partial charge < -0.3 is 9.52 Å². The summed E-state index contributed by atoms with van der Waals surface area (Å²) in [6, 6.07) is 3.84. The van der Waals surface area contributed by atoms with Crippen molar-refractivity contribution in [1.29, 1.82) is 0 Å². The van der Waals surface area contributed by atoms with Crippen LogP contribution in [0.1, 0.15) is 45.4 Å². The van der Waals surface area contributed by atoms with Gasteiger partial charge >= 0.3 is 0 Å². The standard InChI is InChI=1S/C16H19ClO2/c1-8-7-14(17)9(2)6-13(8)16(18)15-10(3)11(4)19-12(15)5/h6-7,16,18H,1-5H3. The minimum Gasteiger partial charge on any atom is -0.466 e. The number of aliphatic hydroxyl groups is 1. The predicted octanol–water partition coefficient (Wildman–Crippen LogP) is 4.56. The van der Waals surface area contributed by atoms with Crippen LogP contribution in [0.25, 0.3) is 0 Å². The molecule has 1 aromatic carbocycles. The Morgan fingerprint density at radius 2 is 1.63 bits per heavy atom. The van der Waals surface area contributed by atoms with E-state index in [-0.39, 0.29) is 0 Å². The highest BCUT2D eigenvalue weighted by molar-refractivity contribution is 6.31. The topological polar surface area (TPSA) is 33.4 Å². The van der Waals surface area contributed by atoms with Gasteiger partial charge in [-0.2, -0.15) is 0 Å². The van der Waals surface area contributed by atoms with Crippen molar-refractivity contribution < 1.29 is 9.52 Å². The Hall–Kier alpha value is -1.25. The van der Waals surface area contributed by atoms with Crippen molar-refractivity contribution in [3.63, 3.8) is 0 Å². The number of benzene rings is 1. The van der Waals surface area contributed by atoms with Crippen LogP contribution in [0, 0.1) is 34.6 Å². The average molecular weight is 279 g/mol. The molecule has 1 unspecified atom stereocenters. The molecule has 1 heterocycles. The molecule has 2 aromatic rings. The van der Waals surface area contributed by atoms with Crippen molar-refractivity contribution in [1.82, 2.24) is 0 Å². The van der Waals surface area contributed by atoms with Gasteiger partial charge in [-0.05, 0) is 62.9 Å². The van der Waals surface area contributed by atoms with Gasteiger partial charge in [-0.1, -0.05) is 17.7 Å². The van der Waals surface area contributed by atoms with Crippen molar-refractivity contribution in [2.24, 2.45) is 0 Å². The summed E-state index contributed by atoms with van der Waals surface area (Å²) in [7, 11) is 0. The Morgan fingerprint density at radius 1 is 1.00 bits per heavy atom. The molecular formula is C16H19ClO2. The highest BCUT2D eigenvalue weighted by Crippen LogP contribution is 2.34. The maximum atomic E-state index is 10.7. The number of halogens is 1. The molecule has 0 radical (unpaired) electrons. The molecule has 0 saturated carbocycles. The van der Waals surface area contributed by atoms with Gasteiger partial charge in [-0.3, -0.25) is 0 Å². The smallest absolute Gasteiger partial charge is 0.108 e. The van der Waals surface area contributed by atoms with Crippen LogP contribution in [0.5, 0.6) is 0 Å². The van der Waals surface area contributed by atoms with Gasteiger partial charge in [0.2, 0.25) is 0 Å². The molecule has 0 spiro atoms. The summed E-state index contributed by atoms with van der Waals surface area (Å²) in [5.74, 6) is 1.63. The molecule has 1 atom stereocenters. The number of rotatable bonds is 2. The lowest BCUT2D eigenvalue weighted by atomic mass is 9.93. The van der Waals surface area contributed by atoms with Crippen LogP contribution < -0.4 is 0 Å². The van der Waals surface area contributed by atoms with E-state index in [9.17, 15) is 5.11 Å². The maximum Gasteiger partial charge on any atom is 0.108 e. The molecule has 102 valence electrons. The number of aliphatic hydroxyl groups excluding tert-OH is 1. The fraction of sp³-hybridized carbons (Fsp3) is 0.375. The molecule has 2 rings (SSSR count). The van der Waals surface area contributed by atoms with Gasteiger partial charge in [-0.15, -0.1) is 0 Å². The minimum atomic E-state index is -0.673. The zero-order valence-electron chi connectivity index (χ0n) is 12.0. The second-order valence-corrected chi connectivity index (χ2v) is 5.52. The highest BCUT2D eigenvalue weighted by Gasteiger charge is 2.22. The lowest BCUT2D eigenvalue weighted by Gasteiger charge is -2.16. The van der Waals surface area contributed by atoms with E-state index in [4.69, 9.17) is 16.0 Å². The minimum absolute atomic E-state index is 0.673. The van der Waals surface area contributed by atoms with E-state index < -0.39 is 6.10 Å². The summed E-state index contributed by atoms with van der Waals surface area (Å²) >= 11 is 6.10. The van der Waals surface area contributed by atoms with E-state index in [1.807, 2.05) is 46.8 Å². The normalized spacial score (nSPS) is 12.8. The quantitative estimate of drug-likeness (QED) is 0.874. The molecule has 0 fully saturated rings. The van der Waals surface area contributed by atoms with E-state index in [1.165, 1.54) is 0 Å². The van der Waals surface area contributed by atoms with Gasteiger partial charge in [-0.25, -0.2) is 0 Å². The molecule has 0 bridgehead atoms. The van der Waals surface area contributed by atoms with Crippen LogP contribution in [0.15, 0.2) is 16.5 Å². The predicted molar refractivity (Wildman–Crippen MR) is 77.9 cm³/mol. The van der Waals surface area contributed by atoms with Crippen LogP contribution in [0.4, 0.5) is 0 Å². The van der Waals surface area contributed by atoms with Crippen molar-refractivity contribution in [2.45, 2.75) is 40.7 Å². The van der Waals surface area contributed by atoms with Gasteiger partial charge in [0.15, 0.2) is 0 Å². The number of hydrogen-bond acceptors (Lipinski definition) is 2. The Morgan fingerprint density at radius 3 is 2.16 bits per heavy atom. The Balaban J connectivity index is 2.56. The van der Waals surface area contributed by atoms with E-state index in [0.717, 1.165) is 44.4 Å². The summed E-state index contributed by atoms with van der Waals surface area (Å²) in [5, 5.41) is 11.4. The molecule has 0 amide bonds. The molecule has 0 saturated heterocycles. The highest BCUT2D eigenvalue weighted by atomic mass is 35.5. The zero-order valence-corrected chi connectivity index (χ0v) is 12.7. The van der Waals surface area contributed by atoms with Gasteiger partial charge in [0, 0.05) is 10.6 Å².